The van der Waals surface area contributed by atoms with Crippen molar-refractivity contribution < 1.29 is 9.47 Å². The van der Waals surface area contributed by atoms with E-state index in [1.165, 1.54) is 20.3 Å². The summed E-state index contributed by atoms with van der Waals surface area (Å²) in [5.74, 6) is 2.53. The number of hydrogen-bond acceptors (Lipinski definition) is 5. The molecule has 2 heterocycles. The topological polar surface area (TPSA) is 74.5 Å². The van der Waals surface area contributed by atoms with Crippen LogP contribution in [0.5, 0.6) is 11.5 Å². The molecule has 0 saturated carbocycles. The third-order valence-corrected chi connectivity index (χ3v) is 7.32. The van der Waals surface area contributed by atoms with Crippen LogP contribution in [0.25, 0.3) is 10.9 Å². The van der Waals surface area contributed by atoms with E-state index in [4.69, 9.17) is 9.47 Å². The highest BCUT2D eigenvalue weighted by Gasteiger charge is 2.40. The normalized spacial score (nSPS) is 21.9. The van der Waals surface area contributed by atoms with E-state index in [0.29, 0.717) is 41.5 Å². The van der Waals surface area contributed by atoms with Gasteiger partial charge >= 0.3 is 5.69 Å². The lowest BCUT2D eigenvalue weighted by atomic mass is 9.73. The number of nitrogens with one attached hydrogen (secondary N) is 1. The fourth-order valence-corrected chi connectivity index (χ4v) is 5.68. The zero-order chi connectivity index (χ0) is 22.4. The molecule has 1 aliphatic carbocycles. The Kier molecular flexibility index (Phi) is 5.29. The van der Waals surface area contributed by atoms with Crippen LogP contribution in [0, 0.1) is 5.92 Å². The van der Waals surface area contributed by atoms with E-state index in [2.05, 4.69) is 17.4 Å². The summed E-state index contributed by atoms with van der Waals surface area (Å²) >= 11 is 0. The SMILES string of the molecule is COc1ccc2c(=O)n(CCC3NC[C@@H]4CCc5c(OC)cccc5[C@H]34)c(=O)n(C)c2c1. The minimum atomic E-state index is -0.295. The van der Waals surface area contributed by atoms with E-state index in [1.54, 1.807) is 39.5 Å². The van der Waals surface area contributed by atoms with Crippen LogP contribution < -0.4 is 26.0 Å². The van der Waals surface area contributed by atoms with Gasteiger partial charge in [-0.05, 0) is 61.1 Å². The first-order valence-electron chi connectivity index (χ1n) is 11.2. The third kappa shape index (κ3) is 3.23. The van der Waals surface area contributed by atoms with Crippen molar-refractivity contribution in [2.45, 2.75) is 37.8 Å². The van der Waals surface area contributed by atoms with Crippen molar-refractivity contribution in [1.82, 2.24) is 14.5 Å². The Hall–Kier alpha value is -3.06. The third-order valence-electron chi connectivity index (χ3n) is 7.32. The second-order valence-corrected chi connectivity index (χ2v) is 8.84. The molecule has 7 nitrogen and oxygen atoms in total. The van der Waals surface area contributed by atoms with Crippen LogP contribution in [-0.2, 0) is 20.0 Å². The van der Waals surface area contributed by atoms with Crippen molar-refractivity contribution in [2.75, 3.05) is 20.8 Å². The standard InChI is InChI=1S/C25H29N3O4/c1-27-21-13-16(31-2)8-10-19(21)24(29)28(25(27)30)12-11-20-23-15(14-26-20)7-9-17-18(23)5-4-6-22(17)32-3/h4-6,8,10,13,15,20,23,26H,7,9,11-12,14H2,1-3H3/t15-,20?,23+/m0/s1. The summed E-state index contributed by atoms with van der Waals surface area (Å²) in [7, 11) is 5.00. The Bertz CT molecular complexity index is 1290. The van der Waals surface area contributed by atoms with Crippen molar-refractivity contribution in [3.05, 3.63) is 68.4 Å². The van der Waals surface area contributed by atoms with E-state index < -0.39 is 0 Å². The van der Waals surface area contributed by atoms with Gasteiger partial charge in [-0.1, -0.05) is 12.1 Å². The molecule has 2 aliphatic rings. The van der Waals surface area contributed by atoms with E-state index in [-0.39, 0.29) is 17.3 Å². The molecule has 0 spiro atoms. The molecule has 168 valence electrons. The fraction of sp³-hybridized carbons (Fsp3) is 0.440. The Balaban J connectivity index is 1.46. The van der Waals surface area contributed by atoms with Gasteiger partial charge < -0.3 is 14.8 Å². The average Bonchev–Trinajstić information content (AvgIpc) is 3.25. The molecule has 3 aromatic rings. The second-order valence-electron chi connectivity index (χ2n) is 8.84. The summed E-state index contributed by atoms with van der Waals surface area (Å²) in [6.07, 6.45) is 2.87. The molecule has 0 amide bonds. The minimum Gasteiger partial charge on any atom is -0.497 e. The fourth-order valence-electron chi connectivity index (χ4n) is 5.68. The number of rotatable bonds is 5. The highest BCUT2D eigenvalue weighted by Crippen LogP contribution is 2.45. The van der Waals surface area contributed by atoms with Crippen molar-refractivity contribution in [3.63, 3.8) is 0 Å². The molecular weight excluding hydrogens is 406 g/mol. The molecule has 1 fully saturated rings. The van der Waals surface area contributed by atoms with Crippen LogP contribution in [0.1, 0.15) is 29.9 Å². The number of benzene rings is 2. The van der Waals surface area contributed by atoms with E-state index in [9.17, 15) is 9.59 Å². The largest absolute Gasteiger partial charge is 0.497 e. The number of ether oxygens (including phenoxy) is 2. The zero-order valence-corrected chi connectivity index (χ0v) is 18.8. The molecule has 1 unspecified atom stereocenters. The lowest BCUT2D eigenvalue weighted by Gasteiger charge is -2.32. The Morgan fingerprint density at radius 3 is 2.75 bits per heavy atom. The summed E-state index contributed by atoms with van der Waals surface area (Å²) in [5.41, 5.74) is 2.70. The molecule has 1 aliphatic heterocycles. The predicted octanol–water partition coefficient (Wildman–Crippen LogP) is 2.43. The van der Waals surface area contributed by atoms with Crippen LogP contribution in [0.15, 0.2) is 46.0 Å². The highest BCUT2D eigenvalue weighted by molar-refractivity contribution is 5.79. The Morgan fingerprint density at radius 1 is 1.12 bits per heavy atom. The number of aryl methyl sites for hydroxylation is 1. The molecule has 3 atom stereocenters. The van der Waals surface area contributed by atoms with Crippen molar-refractivity contribution in [2.24, 2.45) is 13.0 Å². The van der Waals surface area contributed by atoms with Gasteiger partial charge in [0, 0.05) is 31.6 Å². The van der Waals surface area contributed by atoms with Crippen molar-refractivity contribution in [1.29, 1.82) is 0 Å². The molecule has 1 N–H and O–H groups in total. The van der Waals surface area contributed by atoms with Gasteiger partial charge in [-0.2, -0.15) is 0 Å². The van der Waals surface area contributed by atoms with Gasteiger partial charge in [-0.3, -0.25) is 13.9 Å². The van der Waals surface area contributed by atoms with Crippen LogP contribution in [-0.4, -0.2) is 35.9 Å². The first-order chi connectivity index (χ1) is 15.5. The number of nitrogens with zero attached hydrogens (tertiary/aromatic N) is 2. The van der Waals surface area contributed by atoms with Gasteiger partial charge in [0.1, 0.15) is 11.5 Å². The summed E-state index contributed by atoms with van der Waals surface area (Å²) in [4.78, 5) is 26.2. The first kappa shape index (κ1) is 20.8. The molecule has 0 radical (unpaired) electrons. The lowest BCUT2D eigenvalue weighted by Crippen LogP contribution is -2.41. The summed E-state index contributed by atoms with van der Waals surface area (Å²) in [6, 6.07) is 11.8. The van der Waals surface area contributed by atoms with Crippen LogP contribution in [0.4, 0.5) is 0 Å². The van der Waals surface area contributed by atoms with E-state index in [0.717, 1.165) is 25.1 Å². The van der Waals surface area contributed by atoms with Crippen LogP contribution in [0.3, 0.4) is 0 Å². The quantitative estimate of drug-likeness (QED) is 0.666. The van der Waals surface area contributed by atoms with Crippen molar-refractivity contribution >= 4 is 10.9 Å². The second kappa shape index (κ2) is 8.13. The maximum Gasteiger partial charge on any atom is 0.331 e. The van der Waals surface area contributed by atoms with E-state index >= 15 is 0 Å². The maximum atomic E-state index is 13.1. The maximum absolute atomic E-state index is 13.1. The van der Waals surface area contributed by atoms with Gasteiger partial charge in [0.05, 0.1) is 25.1 Å². The lowest BCUT2D eigenvalue weighted by molar-refractivity contribution is 0.370. The molecule has 0 bridgehead atoms. The number of methoxy groups -OCH3 is 2. The van der Waals surface area contributed by atoms with Gasteiger partial charge in [-0.25, -0.2) is 4.79 Å². The molecular formula is C25H29N3O4. The zero-order valence-electron chi connectivity index (χ0n) is 18.8. The van der Waals surface area contributed by atoms with Crippen LogP contribution in [0.2, 0.25) is 0 Å². The molecule has 32 heavy (non-hydrogen) atoms. The van der Waals surface area contributed by atoms with Crippen LogP contribution >= 0.6 is 0 Å². The summed E-state index contributed by atoms with van der Waals surface area (Å²) in [6.45, 7) is 1.35. The number of hydrogen-bond donors (Lipinski definition) is 1. The molecule has 1 saturated heterocycles. The monoisotopic (exact) mass is 435 g/mol. The molecule has 7 heteroatoms. The first-order valence-corrected chi connectivity index (χ1v) is 11.2. The molecule has 5 rings (SSSR count). The predicted molar refractivity (Wildman–Crippen MR) is 124 cm³/mol. The smallest absolute Gasteiger partial charge is 0.331 e. The average molecular weight is 436 g/mol. The number of fused-ring (bicyclic) bond motifs is 4. The summed E-state index contributed by atoms with van der Waals surface area (Å²) in [5, 5.41) is 4.20. The molecule has 1 aromatic heterocycles. The van der Waals surface area contributed by atoms with Gasteiger partial charge in [0.25, 0.3) is 5.56 Å². The Labute approximate surface area is 186 Å². The van der Waals surface area contributed by atoms with E-state index in [1.807, 2.05) is 6.07 Å². The Morgan fingerprint density at radius 2 is 1.97 bits per heavy atom. The van der Waals surface area contributed by atoms with Crippen molar-refractivity contribution in [3.8, 4) is 11.5 Å². The van der Waals surface area contributed by atoms with Gasteiger partial charge in [-0.15, -0.1) is 0 Å². The minimum absolute atomic E-state index is 0.217. The summed E-state index contributed by atoms with van der Waals surface area (Å²) < 4.78 is 13.8. The van der Waals surface area contributed by atoms with Gasteiger partial charge in [0.2, 0.25) is 0 Å². The van der Waals surface area contributed by atoms with Gasteiger partial charge in [0.15, 0.2) is 0 Å². The molecule has 2 aromatic carbocycles. The highest BCUT2D eigenvalue weighted by atomic mass is 16.5. The number of aromatic nitrogens is 2.